The molecule has 1 unspecified atom stereocenters. The van der Waals surface area contributed by atoms with Gasteiger partial charge in [0.2, 0.25) is 5.91 Å². The summed E-state index contributed by atoms with van der Waals surface area (Å²) in [6.07, 6.45) is 1.88. The average molecular weight is 437 g/mol. The zero-order chi connectivity index (χ0) is 22.7. The van der Waals surface area contributed by atoms with Gasteiger partial charge in [-0.2, -0.15) is 0 Å². The van der Waals surface area contributed by atoms with Crippen LogP contribution in [0.3, 0.4) is 0 Å². The largest absolute Gasteiger partial charge is 0.481 e. The molecule has 7 nitrogen and oxygen atoms in total. The molecule has 0 saturated heterocycles. The van der Waals surface area contributed by atoms with Crippen LogP contribution < -0.4 is 10.6 Å². The Morgan fingerprint density at radius 3 is 2.12 bits per heavy atom. The van der Waals surface area contributed by atoms with Crippen LogP contribution in [0.2, 0.25) is 0 Å². The lowest BCUT2D eigenvalue weighted by atomic mass is 9.79. The molecule has 0 spiro atoms. The van der Waals surface area contributed by atoms with Crippen molar-refractivity contribution in [3.8, 4) is 11.1 Å². The third-order valence-corrected chi connectivity index (χ3v) is 6.39. The third-order valence-electron chi connectivity index (χ3n) is 6.39. The minimum absolute atomic E-state index is 0.0347. The van der Waals surface area contributed by atoms with Gasteiger partial charge in [-0.3, -0.25) is 9.59 Å². The fraction of sp³-hybridized carbons (Fsp3) is 0.400. The Morgan fingerprint density at radius 1 is 1.00 bits per heavy atom. The molecule has 0 aliphatic heterocycles. The Kier molecular flexibility index (Phi) is 6.44. The van der Waals surface area contributed by atoms with Crippen LogP contribution in [0.5, 0.6) is 0 Å². The van der Waals surface area contributed by atoms with Crippen LogP contribution in [0.4, 0.5) is 4.79 Å². The molecule has 0 bridgehead atoms. The Bertz CT molecular complexity index is 971. The second-order valence-electron chi connectivity index (χ2n) is 8.65. The van der Waals surface area contributed by atoms with Crippen LogP contribution in [-0.4, -0.2) is 41.8 Å². The second-order valence-corrected chi connectivity index (χ2v) is 8.65. The van der Waals surface area contributed by atoms with Crippen molar-refractivity contribution in [2.45, 2.75) is 50.6 Å². The number of hydrogen-bond donors (Lipinski definition) is 3. The van der Waals surface area contributed by atoms with Crippen LogP contribution >= 0.6 is 0 Å². The predicted octanol–water partition coefficient (Wildman–Crippen LogP) is 3.67. The molecule has 3 N–H and O–H groups in total. The van der Waals surface area contributed by atoms with E-state index in [0.29, 0.717) is 0 Å². The first-order valence-electron chi connectivity index (χ1n) is 11.1. The van der Waals surface area contributed by atoms with Crippen molar-refractivity contribution in [3.05, 3.63) is 59.7 Å². The minimum atomic E-state index is -0.984. The summed E-state index contributed by atoms with van der Waals surface area (Å²) in [5.74, 6) is -1.37. The van der Waals surface area contributed by atoms with Crippen molar-refractivity contribution in [2.24, 2.45) is 5.92 Å². The summed E-state index contributed by atoms with van der Waals surface area (Å²) in [6, 6.07) is 15.0. The van der Waals surface area contributed by atoms with E-state index >= 15 is 0 Å². The molecule has 4 rings (SSSR count). The summed E-state index contributed by atoms with van der Waals surface area (Å²) in [7, 11) is 0. The standard InChI is InChI=1S/C25H28N2O5/c1-15(13-22(28)29)26-24(30)23(16-7-6-8-16)27-25(31)32-14-21-19-11-4-2-9-17(19)18-10-3-5-12-20(18)21/h2-5,9-12,15-16,21,23H,6-8,13-14H2,1H3,(H,26,30)(H,27,31)(H,28,29)/t15-,23?/m1/s1. The predicted molar refractivity (Wildman–Crippen MR) is 119 cm³/mol. The molecule has 168 valence electrons. The maximum Gasteiger partial charge on any atom is 0.407 e. The monoisotopic (exact) mass is 436 g/mol. The van der Waals surface area contributed by atoms with Gasteiger partial charge in [0.1, 0.15) is 12.6 Å². The van der Waals surface area contributed by atoms with Gasteiger partial charge in [-0.25, -0.2) is 4.79 Å². The van der Waals surface area contributed by atoms with E-state index in [2.05, 4.69) is 34.9 Å². The Balaban J connectivity index is 1.40. The number of aliphatic carboxylic acids is 1. The average Bonchev–Trinajstić information content (AvgIpc) is 3.03. The topological polar surface area (TPSA) is 105 Å². The van der Waals surface area contributed by atoms with E-state index < -0.39 is 24.1 Å². The molecule has 2 aromatic rings. The third kappa shape index (κ3) is 4.61. The van der Waals surface area contributed by atoms with E-state index in [4.69, 9.17) is 9.84 Å². The number of benzene rings is 2. The van der Waals surface area contributed by atoms with Crippen molar-refractivity contribution >= 4 is 18.0 Å². The Morgan fingerprint density at radius 2 is 1.59 bits per heavy atom. The number of carbonyl (C=O) groups excluding carboxylic acids is 2. The van der Waals surface area contributed by atoms with Crippen molar-refractivity contribution in [1.29, 1.82) is 0 Å². The normalized spacial score (nSPS) is 16.8. The highest BCUT2D eigenvalue weighted by molar-refractivity contribution is 5.86. The van der Waals surface area contributed by atoms with Gasteiger partial charge in [-0.05, 0) is 47.9 Å². The fourth-order valence-corrected chi connectivity index (χ4v) is 4.58. The molecular formula is C25H28N2O5. The van der Waals surface area contributed by atoms with Gasteiger partial charge in [0.15, 0.2) is 0 Å². The van der Waals surface area contributed by atoms with E-state index in [9.17, 15) is 14.4 Å². The molecule has 2 aliphatic rings. The summed E-state index contributed by atoms with van der Waals surface area (Å²) in [5.41, 5.74) is 4.54. The zero-order valence-corrected chi connectivity index (χ0v) is 18.0. The van der Waals surface area contributed by atoms with Crippen LogP contribution in [0.25, 0.3) is 11.1 Å². The number of rotatable bonds is 8. The van der Waals surface area contributed by atoms with Gasteiger partial charge in [-0.1, -0.05) is 55.0 Å². The van der Waals surface area contributed by atoms with Crippen LogP contribution in [-0.2, 0) is 14.3 Å². The number of hydrogen-bond acceptors (Lipinski definition) is 4. The molecule has 1 fully saturated rings. The smallest absolute Gasteiger partial charge is 0.407 e. The van der Waals surface area contributed by atoms with E-state index in [1.165, 1.54) is 0 Å². The molecule has 7 heteroatoms. The van der Waals surface area contributed by atoms with Gasteiger partial charge in [0.05, 0.1) is 6.42 Å². The lowest BCUT2D eigenvalue weighted by Gasteiger charge is -2.33. The molecule has 2 aromatic carbocycles. The summed E-state index contributed by atoms with van der Waals surface area (Å²) in [4.78, 5) is 36.2. The molecule has 0 heterocycles. The SMILES string of the molecule is C[C@H](CC(=O)O)NC(=O)C(NC(=O)OCC1c2ccccc2-c2ccccc21)C1CCC1. The van der Waals surface area contributed by atoms with Gasteiger partial charge in [-0.15, -0.1) is 0 Å². The number of carboxylic acids is 1. The van der Waals surface area contributed by atoms with Crippen molar-refractivity contribution in [3.63, 3.8) is 0 Å². The molecular weight excluding hydrogens is 408 g/mol. The van der Waals surface area contributed by atoms with E-state index in [1.807, 2.05) is 24.3 Å². The molecule has 0 aromatic heterocycles. The molecule has 0 radical (unpaired) electrons. The van der Waals surface area contributed by atoms with Crippen molar-refractivity contribution in [2.75, 3.05) is 6.61 Å². The van der Waals surface area contributed by atoms with Gasteiger partial charge < -0.3 is 20.5 Å². The minimum Gasteiger partial charge on any atom is -0.481 e. The number of carboxylic acid groups (broad SMARTS) is 1. The molecule has 2 aliphatic carbocycles. The summed E-state index contributed by atoms with van der Waals surface area (Å²) < 4.78 is 5.58. The van der Waals surface area contributed by atoms with Crippen molar-refractivity contribution < 1.29 is 24.2 Å². The quantitative estimate of drug-likeness (QED) is 0.586. The number of carbonyl (C=O) groups is 3. The van der Waals surface area contributed by atoms with E-state index in [0.717, 1.165) is 41.5 Å². The lowest BCUT2D eigenvalue weighted by molar-refractivity contribution is -0.137. The van der Waals surface area contributed by atoms with Gasteiger partial charge >= 0.3 is 12.1 Å². The Hall–Kier alpha value is -3.35. The van der Waals surface area contributed by atoms with Gasteiger partial charge in [0.25, 0.3) is 0 Å². The first kappa shape index (κ1) is 21.9. The van der Waals surface area contributed by atoms with E-state index in [1.54, 1.807) is 6.92 Å². The molecule has 1 saturated carbocycles. The zero-order valence-electron chi connectivity index (χ0n) is 18.0. The first-order valence-corrected chi connectivity index (χ1v) is 11.1. The summed E-state index contributed by atoms with van der Waals surface area (Å²) >= 11 is 0. The summed E-state index contributed by atoms with van der Waals surface area (Å²) in [6.45, 7) is 1.81. The van der Waals surface area contributed by atoms with Gasteiger partial charge in [0, 0.05) is 12.0 Å². The highest BCUT2D eigenvalue weighted by Gasteiger charge is 2.35. The van der Waals surface area contributed by atoms with Crippen LogP contribution in [0.15, 0.2) is 48.5 Å². The lowest BCUT2D eigenvalue weighted by Crippen LogP contribution is -2.54. The van der Waals surface area contributed by atoms with Crippen molar-refractivity contribution in [1.82, 2.24) is 10.6 Å². The fourth-order valence-electron chi connectivity index (χ4n) is 4.58. The van der Waals surface area contributed by atoms with Crippen LogP contribution in [0, 0.1) is 5.92 Å². The summed E-state index contributed by atoms with van der Waals surface area (Å²) in [5, 5.41) is 14.3. The molecule has 32 heavy (non-hydrogen) atoms. The van der Waals surface area contributed by atoms with Crippen LogP contribution in [0.1, 0.15) is 49.7 Å². The first-order chi connectivity index (χ1) is 15.4. The maximum absolute atomic E-state index is 12.7. The maximum atomic E-state index is 12.7. The highest BCUT2D eigenvalue weighted by Crippen LogP contribution is 2.44. The van der Waals surface area contributed by atoms with E-state index in [-0.39, 0.29) is 30.8 Å². The second kappa shape index (κ2) is 9.42. The Labute approximate surface area is 187 Å². The highest BCUT2D eigenvalue weighted by atomic mass is 16.5. The molecule has 2 atom stereocenters. The number of amides is 2. The number of alkyl carbamates (subject to hydrolysis) is 1. The number of fused-ring (bicyclic) bond motifs is 3. The number of nitrogens with one attached hydrogen (secondary N) is 2. The molecule has 2 amide bonds. The number of ether oxygens (including phenoxy) is 1.